The lowest BCUT2D eigenvalue weighted by Gasteiger charge is -2.13. The van der Waals surface area contributed by atoms with Crippen molar-refractivity contribution in [1.29, 1.82) is 0 Å². The zero-order chi connectivity index (χ0) is 18.7. The van der Waals surface area contributed by atoms with E-state index in [2.05, 4.69) is 4.72 Å². The maximum atomic E-state index is 12.7. The van der Waals surface area contributed by atoms with E-state index < -0.39 is 19.9 Å². The third kappa shape index (κ3) is 4.66. The number of rotatable bonds is 7. The number of sulfonamides is 1. The van der Waals surface area contributed by atoms with Gasteiger partial charge in [-0.2, -0.15) is 0 Å². The molecular weight excluding hydrogens is 360 g/mol. The number of likely N-dealkylation sites (N-methyl/N-ethyl adjacent to an activating group) is 1. The van der Waals surface area contributed by atoms with E-state index >= 15 is 0 Å². The molecule has 0 aromatic heterocycles. The molecule has 0 aliphatic carbocycles. The summed E-state index contributed by atoms with van der Waals surface area (Å²) < 4.78 is 53.0. The first-order valence-corrected chi connectivity index (χ1v) is 10.7. The van der Waals surface area contributed by atoms with Gasteiger partial charge in [0.25, 0.3) is 0 Å². The molecule has 0 bridgehead atoms. The van der Waals surface area contributed by atoms with Crippen LogP contribution in [0.15, 0.2) is 63.2 Å². The lowest BCUT2D eigenvalue weighted by Crippen LogP contribution is -2.31. The molecule has 0 aliphatic rings. The summed E-state index contributed by atoms with van der Waals surface area (Å²) in [6.07, 6.45) is 0. The highest BCUT2D eigenvalue weighted by molar-refractivity contribution is 7.91. The monoisotopic (exact) mass is 382 g/mol. The highest BCUT2D eigenvalue weighted by atomic mass is 32.2. The summed E-state index contributed by atoms with van der Waals surface area (Å²) >= 11 is 0. The Bertz CT molecular complexity index is 938. The Kier molecular flexibility index (Phi) is 5.99. The fourth-order valence-electron chi connectivity index (χ4n) is 2.25. The van der Waals surface area contributed by atoms with Gasteiger partial charge in [0.15, 0.2) is 0 Å². The molecule has 0 fully saturated rings. The van der Waals surface area contributed by atoms with Gasteiger partial charge in [0.1, 0.15) is 0 Å². The van der Waals surface area contributed by atoms with Gasteiger partial charge in [-0.15, -0.1) is 0 Å². The fraction of sp³-hybridized carbons (Fsp3) is 0.294. The van der Waals surface area contributed by atoms with Gasteiger partial charge in [-0.3, -0.25) is 0 Å². The molecule has 0 saturated heterocycles. The Hall–Kier alpha value is -1.74. The third-order valence-electron chi connectivity index (χ3n) is 3.66. The molecule has 2 aromatic rings. The van der Waals surface area contributed by atoms with Crippen molar-refractivity contribution in [1.82, 2.24) is 9.62 Å². The van der Waals surface area contributed by atoms with E-state index in [1.165, 1.54) is 30.3 Å². The van der Waals surface area contributed by atoms with E-state index in [1.807, 2.05) is 19.0 Å². The number of aryl methyl sites for hydroxylation is 1. The normalized spacial score (nSPS) is 12.5. The third-order valence-corrected chi connectivity index (χ3v) is 7.03. The molecule has 25 heavy (non-hydrogen) atoms. The van der Waals surface area contributed by atoms with Crippen LogP contribution in [0.4, 0.5) is 0 Å². The Morgan fingerprint density at radius 3 is 2.16 bits per heavy atom. The standard InChI is InChI=1S/C17H22N2O4S2/c1-14-9-10-16(24(20,21)15-7-5-4-6-8-15)13-17(14)25(22,23)18-11-12-19(2)3/h4-10,13,18H,11-12H2,1-3H3. The zero-order valence-corrected chi connectivity index (χ0v) is 16.1. The van der Waals surface area contributed by atoms with Crippen LogP contribution in [-0.4, -0.2) is 48.9 Å². The molecule has 2 rings (SSSR count). The highest BCUT2D eigenvalue weighted by Gasteiger charge is 2.23. The molecule has 0 spiro atoms. The molecule has 136 valence electrons. The Morgan fingerprint density at radius 1 is 0.920 bits per heavy atom. The molecular formula is C17H22N2O4S2. The van der Waals surface area contributed by atoms with Crippen molar-refractivity contribution in [2.45, 2.75) is 21.6 Å². The largest absolute Gasteiger partial charge is 0.308 e. The first kappa shape index (κ1) is 19.6. The lowest BCUT2D eigenvalue weighted by atomic mass is 10.2. The number of hydrogen-bond acceptors (Lipinski definition) is 5. The smallest absolute Gasteiger partial charge is 0.240 e. The molecule has 0 atom stereocenters. The van der Waals surface area contributed by atoms with E-state index in [9.17, 15) is 16.8 Å². The van der Waals surface area contributed by atoms with Crippen LogP contribution < -0.4 is 4.72 Å². The summed E-state index contributed by atoms with van der Waals surface area (Å²) in [5, 5.41) is 0. The van der Waals surface area contributed by atoms with E-state index in [0.717, 1.165) is 0 Å². The highest BCUT2D eigenvalue weighted by Crippen LogP contribution is 2.25. The van der Waals surface area contributed by atoms with Gasteiger partial charge < -0.3 is 4.90 Å². The summed E-state index contributed by atoms with van der Waals surface area (Å²) in [4.78, 5) is 1.91. The van der Waals surface area contributed by atoms with E-state index in [1.54, 1.807) is 25.1 Å². The van der Waals surface area contributed by atoms with Gasteiger partial charge in [0.2, 0.25) is 19.9 Å². The van der Waals surface area contributed by atoms with Gasteiger partial charge in [-0.1, -0.05) is 24.3 Å². The Labute approximate surface area is 149 Å². The van der Waals surface area contributed by atoms with Crippen molar-refractivity contribution in [3.63, 3.8) is 0 Å². The molecule has 0 amide bonds. The summed E-state index contributed by atoms with van der Waals surface area (Å²) in [5.41, 5.74) is 0.490. The quantitative estimate of drug-likeness (QED) is 0.787. The van der Waals surface area contributed by atoms with Crippen molar-refractivity contribution >= 4 is 19.9 Å². The molecule has 0 saturated carbocycles. The number of nitrogens with one attached hydrogen (secondary N) is 1. The summed E-state index contributed by atoms with van der Waals surface area (Å²) in [6.45, 7) is 2.42. The number of hydrogen-bond donors (Lipinski definition) is 1. The van der Waals surface area contributed by atoms with Gasteiger partial charge in [-0.05, 0) is 50.8 Å². The Balaban J connectivity index is 2.41. The van der Waals surface area contributed by atoms with Crippen LogP contribution in [0.2, 0.25) is 0 Å². The van der Waals surface area contributed by atoms with Crippen LogP contribution in [0, 0.1) is 6.92 Å². The van der Waals surface area contributed by atoms with E-state index in [4.69, 9.17) is 0 Å². The topological polar surface area (TPSA) is 83.5 Å². The second-order valence-corrected chi connectivity index (χ2v) is 9.63. The van der Waals surface area contributed by atoms with Gasteiger partial charge >= 0.3 is 0 Å². The molecule has 0 unspecified atom stereocenters. The SMILES string of the molecule is Cc1ccc(S(=O)(=O)c2ccccc2)cc1S(=O)(=O)NCCN(C)C. The van der Waals surface area contributed by atoms with E-state index in [-0.39, 0.29) is 21.2 Å². The number of benzene rings is 2. The van der Waals surface area contributed by atoms with Crippen LogP contribution in [-0.2, 0) is 19.9 Å². The van der Waals surface area contributed by atoms with Crippen LogP contribution in [0.1, 0.15) is 5.56 Å². The van der Waals surface area contributed by atoms with Gasteiger partial charge in [0, 0.05) is 13.1 Å². The minimum atomic E-state index is -3.79. The van der Waals surface area contributed by atoms with Crippen molar-refractivity contribution in [2.24, 2.45) is 0 Å². The van der Waals surface area contributed by atoms with Crippen molar-refractivity contribution in [2.75, 3.05) is 27.2 Å². The van der Waals surface area contributed by atoms with Crippen LogP contribution in [0.5, 0.6) is 0 Å². The van der Waals surface area contributed by atoms with E-state index in [0.29, 0.717) is 12.1 Å². The summed E-state index contributed by atoms with van der Waals surface area (Å²) in [6, 6.07) is 12.1. The maximum absolute atomic E-state index is 12.7. The first-order valence-electron chi connectivity index (χ1n) is 7.70. The summed E-state index contributed by atoms with van der Waals surface area (Å²) in [7, 11) is -3.89. The van der Waals surface area contributed by atoms with Gasteiger partial charge in [-0.25, -0.2) is 21.6 Å². The van der Waals surface area contributed by atoms with Crippen LogP contribution >= 0.6 is 0 Å². The molecule has 8 heteroatoms. The van der Waals surface area contributed by atoms with Crippen LogP contribution in [0.3, 0.4) is 0 Å². The first-order chi connectivity index (χ1) is 11.6. The van der Waals surface area contributed by atoms with Crippen molar-refractivity contribution in [3.05, 3.63) is 54.1 Å². The second kappa shape index (κ2) is 7.65. The zero-order valence-electron chi connectivity index (χ0n) is 14.4. The molecule has 2 aromatic carbocycles. The number of sulfone groups is 1. The Morgan fingerprint density at radius 2 is 1.56 bits per heavy atom. The minimum Gasteiger partial charge on any atom is -0.308 e. The average Bonchev–Trinajstić information content (AvgIpc) is 2.55. The summed E-state index contributed by atoms with van der Waals surface area (Å²) in [5.74, 6) is 0. The predicted octanol–water partition coefficient (Wildman–Crippen LogP) is 1.67. The lowest BCUT2D eigenvalue weighted by molar-refractivity contribution is 0.412. The fourth-order valence-corrected chi connectivity index (χ4v) is 4.93. The van der Waals surface area contributed by atoms with Crippen LogP contribution in [0.25, 0.3) is 0 Å². The van der Waals surface area contributed by atoms with Crippen molar-refractivity contribution < 1.29 is 16.8 Å². The molecule has 0 radical (unpaired) electrons. The van der Waals surface area contributed by atoms with Gasteiger partial charge in [0.05, 0.1) is 14.7 Å². The second-order valence-electron chi connectivity index (χ2n) is 5.94. The predicted molar refractivity (Wildman–Crippen MR) is 96.8 cm³/mol. The van der Waals surface area contributed by atoms with Crippen molar-refractivity contribution in [3.8, 4) is 0 Å². The maximum Gasteiger partial charge on any atom is 0.240 e. The molecule has 6 nitrogen and oxygen atoms in total. The molecule has 0 heterocycles. The minimum absolute atomic E-state index is 0.0248. The average molecular weight is 383 g/mol. The molecule has 1 N–H and O–H groups in total. The number of nitrogens with zero attached hydrogens (tertiary/aromatic N) is 1. The molecule has 0 aliphatic heterocycles.